The molecular formula is C37H38O6. The Morgan fingerprint density at radius 2 is 1.30 bits per heavy atom. The van der Waals surface area contributed by atoms with Crippen molar-refractivity contribution in [2.75, 3.05) is 21.3 Å². The predicted molar refractivity (Wildman–Crippen MR) is 169 cm³/mol. The lowest BCUT2D eigenvalue weighted by Gasteiger charge is -2.37. The van der Waals surface area contributed by atoms with Crippen molar-refractivity contribution in [3.63, 3.8) is 0 Å². The van der Waals surface area contributed by atoms with E-state index < -0.39 is 5.60 Å². The Morgan fingerprint density at radius 1 is 0.744 bits per heavy atom. The third-order valence-corrected chi connectivity index (χ3v) is 8.83. The van der Waals surface area contributed by atoms with Gasteiger partial charge in [-0.05, 0) is 92.1 Å². The van der Waals surface area contributed by atoms with Crippen LogP contribution in [0, 0.1) is 6.92 Å². The second-order valence-corrected chi connectivity index (χ2v) is 11.3. The Morgan fingerprint density at radius 3 is 1.86 bits per heavy atom. The molecule has 1 heterocycles. The Balaban J connectivity index is 1.55. The monoisotopic (exact) mass is 578 g/mol. The molecule has 1 aliphatic carbocycles. The Bertz CT molecular complexity index is 1600. The van der Waals surface area contributed by atoms with Gasteiger partial charge in [0.05, 0.1) is 26.9 Å². The van der Waals surface area contributed by atoms with E-state index in [0.717, 1.165) is 70.2 Å². The number of ether oxygens (including phenoxy) is 5. The summed E-state index contributed by atoms with van der Waals surface area (Å²) >= 11 is 0. The molecule has 0 unspecified atom stereocenters. The number of fused-ring (bicyclic) bond motifs is 3. The molecule has 0 N–H and O–H groups in total. The van der Waals surface area contributed by atoms with Crippen LogP contribution < -0.4 is 18.9 Å². The highest BCUT2D eigenvalue weighted by molar-refractivity contribution is 6.07. The first-order chi connectivity index (χ1) is 21.0. The average Bonchev–Trinajstić information content (AvgIpc) is 3.33. The number of benzene rings is 4. The molecule has 43 heavy (non-hydrogen) atoms. The molecule has 0 bridgehead atoms. The zero-order valence-electron chi connectivity index (χ0n) is 25.3. The molecule has 6 nitrogen and oxygen atoms in total. The van der Waals surface area contributed by atoms with Crippen LogP contribution in [-0.4, -0.2) is 33.4 Å². The first-order valence-corrected chi connectivity index (χ1v) is 15.0. The highest BCUT2D eigenvalue weighted by Gasteiger charge is 2.40. The number of hydrogen-bond donors (Lipinski definition) is 0. The normalized spacial score (nSPS) is 16.1. The third-order valence-electron chi connectivity index (χ3n) is 8.83. The topological polar surface area (TPSA) is 63.2 Å². The van der Waals surface area contributed by atoms with Crippen molar-refractivity contribution in [1.82, 2.24) is 0 Å². The van der Waals surface area contributed by atoms with Crippen molar-refractivity contribution in [1.29, 1.82) is 0 Å². The highest BCUT2D eigenvalue weighted by atomic mass is 16.5. The predicted octanol–water partition coefficient (Wildman–Crippen LogP) is 8.40. The number of methoxy groups -OCH3 is 3. The summed E-state index contributed by atoms with van der Waals surface area (Å²) in [4.78, 5) is 14.0. The maximum atomic E-state index is 14.0. The molecule has 0 spiro atoms. The molecule has 4 aromatic rings. The van der Waals surface area contributed by atoms with Crippen molar-refractivity contribution in [2.24, 2.45) is 0 Å². The summed E-state index contributed by atoms with van der Waals surface area (Å²) in [5.41, 5.74) is 2.98. The van der Waals surface area contributed by atoms with Crippen LogP contribution in [0.25, 0.3) is 16.8 Å². The van der Waals surface area contributed by atoms with Gasteiger partial charge in [-0.3, -0.25) is 0 Å². The van der Waals surface area contributed by atoms with Crippen LogP contribution in [0.2, 0.25) is 0 Å². The lowest BCUT2D eigenvalue weighted by molar-refractivity contribution is 0.0265. The Hall–Kier alpha value is -4.45. The van der Waals surface area contributed by atoms with E-state index in [9.17, 15) is 4.79 Å². The largest absolute Gasteiger partial charge is 0.497 e. The van der Waals surface area contributed by atoms with Gasteiger partial charge in [-0.2, -0.15) is 0 Å². The van der Waals surface area contributed by atoms with E-state index in [1.165, 1.54) is 12.8 Å². The van der Waals surface area contributed by atoms with E-state index in [4.69, 9.17) is 23.7 Å². The Kier molecular flexibility index (Phi) is 8.02. The van der Waals surface area contributed by atoms with Gasteiger partial charge in [-0.25, -0.2) is 4.79 Å². The zero-order chi connectivity index (χ0) is 30.0. The number of carbonyl (C=O) groups excluding carboxylic acids is 1. The molecule has 4 aromatic carbocycles. The van der Waals surface area contributed by atoms with E-state index >= 15 is 0 Å². The molecule has 222 valence electrons. The van der Waals surface area contributed by atoms with Crippen LogP contribution >= 0.6 is 0 Å². The summed E-state index contributed by atoms with van der Waals surface area (Å²) in [5, 5.41) is 1.79. The zero-order valence-corrected chi connectivity index (χ0v) is 25.3. The van der Waals surface area contributed by atoms with Crippen molar-refractivity contribution in [2.45, 2.75) is 57.2 Å². The molecule has 0 radical (unpaired) electrons. The standard InChI is InChI=1S/C37H38O6/c1-24-31-20-19-30(41-4)23-33(31)35-32(34(24)36(38)42-29-9-7-5-6-8-10-29)21-22-37(43-35,25-11-15-27(39-2)16-12-25)26-13-17-28(40-3)18-14-26/h11-23,29H,5-10H2,1-4H3. The highest BCUT2D eigenvalue weighted by Crippen LogP contribution is 2.48. The van der Waals surface area contributed by atoms with E-state index in [1.54, 1.807) is 21.3 Å². The molecule has 2 aliphatic rings. The van der Waals surface area contributed by atoms with Gasteiger partial charge in [0.2, 0.25) is 0 Å². The molecule has 6 heteroatoms. The maximum Gasteiger partial charge on any atom is 0.339 e. The second-order valence-electron chi connectivity index (χ2n) is 11.3. The van der Waals surface area contributed by atoms with Gasteiger partial charge < -0.3 is 23.7 Å². The minimum absolute atomic E-state index is 0.0669. The van der Waals surface area contributed by atoms with Crippen LogP contribution in [0.4, 0.5) is 0 Å². The number of carbonyl (C=O) groups is 1. The summed E-state index contributed by atoms with van der Waals surface area (Å²) < 4.78 is 29.9. The quantitative estimate of drug-likeness (QED) is 0.162. The van der Waals surface area contributed by atoms with Crippen molar-refractivity contribution in [3.05, 3.63) is 101 Å². The Labute approximate surface area is 253 Å². The summed E-state index contributed by atoms with van der Waals surface area (Å²) in [5.74, 6) is 2.53. The lowest BCUT2D eigenvalue weighted by atomic mass is 9.82. The molecule has 1 aliphatic heterocycles. The molecule has 6 rings (SSSR count). The lowest BCUT2D eigenvalue weighted by Crippen LogP contribution is -2.35. The molecular weight excluding hydrogens is 540 g/mol. The van der Waals surface area contributed by atoms with Gasteiger partial charge in [-0.15, -0.1) is 0 Å². The first kappa shape index (κ1) is 28.7. The summed E-state index contributed by atoms with van der Waals surface area (Å²) in [6.45, 7) is 1.99. The van der Waals surface area contributed by atoms with Crippen LogP contribution in [0.5, 0.6) is 23.0 Å². The fourth-order valence-corrected chi connectivity index (χ4v) is 6.41. The van der Waals surface area contributed by atoms with E-state index in [-0.39, 0.29) is 12.1 Å². The van der Waals surface area contributed by atoms with E-state index in [1.807, 2.05) is 85.8 Å². The van der Waals surface area contributed by atoms with Gasteiger partial charge in [-0.1, -0.05) is 43.2 Å². The second kappa shape index (κ2) is 12.0. The molecule has 1 saturated carbocycles. The van der Waals surface area contributed by atoms with Crippen molar-refractivity contribution < 1.29 is 28.5 Å². The minimum Gasteiger partial charge on any atom is -0.497 e. The number of aryl methyl sites for hydroxylation is 1. The average molecular weight is 579 g/mol. The fraction of sp³-hybridized carbons (Fsp3) is 0.324. The molecule has 0 amide bonds. The van der Waals surface area contributed by atoms with Crippen LogP contribution in [0.3, 0.4) is 0 Å². The van der Waals surface area contributed by atoms with Crippen molar-refractivity contribution >= 4 is 22.8 Å². The maximum absolute atomic E-state index is 14.0. The summed E-state index contributed by atoms with van der Waals surface area (Å²) in [7, 11) is 4.96. The fourth-order valence-electron chi connectivity index (χ4n) is 6.41. The number of esters is 1. The van der Waals surface area contributed by atoms with Gasteiger partial charge >= 0.3 is 5.97 Å². The minimum atomic E-state index is -0.987. The van der Waals surface area contributed by atoms with Crippen LogP contribution in [0.15, 0.2) is 72.8 Å². The number of rotatable bonds is 7. The summed E-state index contributed by atoms with van der Waals surface area (Å²) in [6, 6.07) is 21.7. The van der Waals surface area contributed by atoms with E-state index in [2.05, 4.69) is 0 Å². The van der Waals surface area contributed by atoms with Crippen molar-refractivity contribution in [3.8, 4) is 23.0 Å². The van der Waals surface area contributed by atoms with E-state index in [0.29, 0.717) is 17.1 Å². The molecule has 0 aromatic heterocycles. The van der Waals surface area contributed by atoms with Crippen LogP contribution in [-0.2, 0) is 10.3 Å². The first-order valence-electron chi connectivity index (χ1n) is 15.0. The van der Waals surface area contributed by atoms with Crippen LogP contribution in [0.1, 0.15) is 71.1 Å². The van der Waals surface area contributed by atoms with Gasteiger partial charge in [0.25, 0.3) is 0 Å². The SMILES string of the molecule is COc1ccc(C2(c3ccc(OC)cc3)C=Cc3c(C(=O)OC4CCCCCC4)c(C)c4ccc(OC)cc4c3O2)cc1. The summed E-state index contributed by atoms with van der Waals surface area (Å²) in [6.07, 6.45) is 10.3. The smallest absolute Gasteiger partial charge is 0.339 e. The van der Waals surface area contributed by atoms with Gasteiger partial charge in [0.15, 0.2) is 5.60 Å². The molecule has 1 fully saturated rings. The number of hydrogen-bond acceptors (Lipinski definition) is 6. The van der Waals surface area contributed by atoms with Gasteiger partial charge in [0, 0.05) is 22.1 Å². The molecule has 0 atom stereocenters. The van der Waals surface area contributed by atoms with Gasteiger partial charge in [0.1, 0.15) is 29.1 Å². The third kappa shape index (κ3) is 5.31. The molecule has 0 saturated heterocycles.